The molecule has 7 nitrogen and oxygen atoms in total. The van der Waals surface area contributed by atoms with E-state index in [-0.39, 0.29) is 18.9 Å². The summed E-state index contributed by atoms with van der Waals surface area (Å²) in [7, 11) is 1.31. The van der Waals surface area contributed by atoms with Gasteiger partial charge in [0.15, 0.2) is 0 Å². The number of aryl methyl sites for hydroxylation is 1. The molecule has 1 N–H and O–H groups in total. The highest BCUT2D eigenvalue weighted by Crippen LogP contribution is 2.08. The van der Waals surface area contributed by atoms with Gasteiger partial charge in [-0.3, -0.25) is 19.3 Å². The molecule has 2 heterocycles. The number of hydrogen-bond donors (Lipinski definition) is 1. The zero-order chi connectivity index (χ0) is 15.2. The Morgan fingerprint density at radius 2 is 2.24 bits per heavy atom. The number of rotatable bonds is 5. The molecule has 2 aromatic heterocycles. The highest BCUT2D eigenvalue weighted by molar-refractivity contribution is 5.91. The minimum atomic E-state index is -0.403. The first-order valence-electron chi connectivity index (χ1n) is 6.38. The molecule has 0 aliphatic carbocycles. The van der Waals surface area contributed by atoms with E-state index in [4.69, 9.17) is 0 Å². The van der Waals surface area contributed by atoms with Gasteiger partial charge in [-0.2, -0.15) is 5.10 Å². The number of carbonyl (C=O) groups excluding carboxylic acids is 2. The van der Waals surface area contributed by atoms with Crippen LogP contribution in [0.5, 0.6) is 0 Å². The van der Waals surface area contributed by atoms with Crippen LogP contribution in [0.2, 0.25) is 0 Å². The molecule has 0 aromatic carbocycles. The van der Waals surface area contributed by atoms with Crippen molar-refractivity contribution in [3.63, 3.8) is 0 Å². The third-order valence-corrected chi connectivity index (χ3v) is 2.88. The summed E-state index contributed by atoms with van der Waals surface area (Å²) < 4.78 is 5.94. The molecular weight excluding hydrogens is 272 g/mol. The van der Waals surface area contributed by atoms with Crippen molar-refractivity contribution in [1.29, 1.82) is 0 Å². The molecule has 0 bridgehead atoms. The Balaban J connectivity index is 1.94. The normalized spacial score (nSPS) is 10.2. The lowest BCUT2D eigenvalue weighted by atomic mass is 10.1. The molecular formula is C14H16N4O3. The van der Waals surface area contributed by atoms with Crippen molar-refractivity contribution < 1.29 is 14.3 Å². The molecule has 0 unspecified atom stereocenters. The quantitative estimate of drug-likeness (QED) is 0.827. The molecule has 0 atom stereocenters. The fourth-order valence-electron chi connectivity index (χ4n) is 1.77. The summed E-state index contributed by atoms with van der Waals surface area (Å²) in [5.74, 6) is -0.588. The first kappa shape index (κ1) is 14.7. The van der Waals surface area contributed by atoms with E-state index in [0.29, 0.717) is 5.69 Å². The molecule has 0 aliphatic rings. The number of aromatic nitrogens is 3. The topological polar surface area (TPSA) is 86.1 Å². The van der Waals surface area contributed by atoms with Gasteiger partial charge in [0.05, 0.1) is 31.1 Å². The smallest absolute Gasteiger partial charge is 0.327 e. The van der Waals surface area contributed by atoms with Crippen molar-refractivity contribution in [3.8, 4) is 0 Å². The van der Waals surface area contributed by atoms with Crippen LogP contribution in [0.4, 0.5) is 5.69 Å². The lowest BCUT2D eigenvalue weighted by Crippen LogP contribution is -2.15. The predicted molar refractivity (Wildman–Crippen MR) is 75.6 cm³/mol. The van der Waals surface area contributed by atoms with Crippen LogP contribution in [0.3, 0.4) is 0 Å². The van der Waals surface area contributed by atoms with Gasteiger partial charge >= 0.3 is 5.97 Å². The number of nitrogens with one attached hydrogen (secondary N) is 1. The average molecular weight is 288 g/mol. The molecule has 110 valence electrons. The van der Waals surface area contributed by atoms with Gasteiger partial charge in [-0.25, -0.2) is 0 Å². The molecule has 0 saturated carbocycles. The maximum absolute atomic E-state index is 11.9. The zero-order valence-electron chi connectivity index (χ0n) is 11.9. The van der Waals surface area contributed by atoms with Crippen molar-refractivity contribution in [2.24, 2.45) is 0 Å². The molecule has 2 aromatic rings. The highest BCUT2D eigenvalue weighted by atomic mass is 16.5. The summed E-state index contributed by atoms with van der Waals surface area (Å²) in [6, 6.07) is 3.73. The van der Waals surface area contributed by atoms with Crippen LogP contribution in [-0.4, -0.2) is 33.8 Å². The highest BCUT2D eigenvalue weighted by Gasteiger charge is 2.09. The third-order valence-electron chi connectivity index (χ3n) is 2.88. The van der Waals surface area contributed by atoms with Gasteiger partial charge in [0.2, 0.25) is 5.91 Å². The van der Waals surface area contributed by atoms with Crippen LogP contribution in [0.15, 0.2) is 30.7 Å². The summed E-state index contributed by atoms with van der Waals surface area (Å²) in [5.41, 5.74) is 2.23. The van der Waals surface area contributed by atoms with Gasteiger partial charge in [-0.1, -0.05) is 6.07 Å². The Morgan fingerprint density at radius 3 is 2.95 bits per heavy atom. The summed E-state index contributed by atoms with van der Waals surface area (Å²) in [4.78, 5) is 27.2. The Hall–Kier alpha value is -2.70. The van der Waals surface area contributed by atoms with Crippen molar-refractivity contribution in [1.82, 2.24) is 14.8 Å². The first-order chi connectivity index (χ1) is 10.1. The van der Waals surface area contributed by atoms with Crippen molar-refractivity contribution in [2.45, 2.75) is 19.9 Å². The summed E-state index contributed by atoms with van der Waals surface area (Å²) in [6.45, 7) is 1.91. The minimum absolute atomic E-state index is 0.00567. The summed E-state index contributed by atoms with van der Waals surface area (Å²) in [6.07, 6.45) is 4.89. The second kappa shape index (κ2) is 6.65. The standard InChI is InChI=1S/C14H16N4O3/c1-10-4-3-5-15-12(10)6-13(19)17-11-7-16-18(8-11)9-14(20)21-2/h3-5,7-8H,6,9H2,1-2H3,(H,17,19). The van der Waals surface area contributed by atoms with Crippen LogP contribution >= 0.6 is 0 Å². The molecule has 0 radical (unpaired) electrons. The van der Waals surface area contributed by atoms with Crippen LogP contribution < -0.4 is 5.32 Å². The van der Waals surface area contributed by atoms with Crippen molar-refractivity contribution in [2.75, 3.05) is 12.4 Å². The second-order valence-electron chi connectivity index (χ2n) is 4.49. The van der Waals surface area contributed by atoms with Gasteiger partial charge in [0.1, 0.15) is 6.54 Å². The predicted octanol–water partition coefficient (Wildman–Crippen LogP) is 0.941. The first-order valence-corrected chi connectivity index (χ1v) is 6.38. The van der Waals surface area contributed by atoms with E-state index in [2.05, 4.69) is 20.1 Å². The molecule has 1 amide bonds. The van der Waals surface area contributed by atoms with Crippen LogP contribution in [0.25, 0.3) is 0 Å². The number of carbonyl (C=O) groups is 2. The van der Waals surface area contributed by atoms with Gasteiger partial charge in [-0.05, 0) is 18.6 Å². The minimum Gasteiger partial charge on any atom is -0.468 e. The largest absolute Gasteiger partial charge is 0.468 e. The van der Waals surface area contributed by atoms with Crippen LogP contribution in [0, 0.1) is 6.92 Å². The van der Waals surface area contributed by atoms with Crippen molar-refractivity contribution in [3.05, 3.63) is 42.0 Å². The number of methoxy groups -OCH3 is 1. The van der Waals surface area contributed by atoms with Gasteiger partial charge in [0.25, 0.3) is 0 Å². The van der Waals surface area contributed by atoms with E-state index in [1.54, 1.807) is 12.4 Å². The lowest BCUT2D eigenvalue weighted by molar-refractivity contribution is -0.141. The van der Waals surface area contributed by atoms with E-state index in [0.717, 1.165) is 11.3 Å². The van der Waals surface area contributed by atoms with Gasteiger partial charge in [0, 0.05) is 12.4 Å². The fraction of sp³-hybridized carbons (Fsp3) is 0.286. The molecule has 0 fully saturated rings. The second-order valence-corrected chi connectivity index (χ2v) is 4.49. The zero-order valence-corrected chi connectivity index (χ0v) is 11.9. The average Bonchev–Trinajstić information content (AvgIpc) is 2.88. The monoisotopic (exact) mass is 288 g/mol. The van der Waals surface area contributed by atoms with E-state index in [9.17, 15) is 9.59 Å². The van der Waals surface area contributed by atoms with E-state index < -0.39 is 5.97 Å². The van der Waals surface area contributed by atoms with Crippen LogP contribution in [-0.2, 0) is 27.3 Å². The third kappa shape index (κ3) is 4.13. The summed E-state index contributed by atoms with van der Waals surface area (Å²) >= 11 is 0. The lowest BCUT2D eigenvalue weighted by Gasteiger charge is -2.04. The fourth-order valence-corrected chi connectivity index (χ4v) is 1.77. The van der Waals surface area contributed by atoms with Gasteiger partial charge in [-0.15, -0.1) is 0 Å². The maximum Gasteiger partial charge on any atom is 0.327 e. The molecule has 2 rings (SSSR count). The molecule has 7 heteroatoms. The van der Waals surface area contributed by atoms with E-state index >= 15 is 0 Å². The Morgan fingerprint density at radius 1 is 1.43 bits per heavy atom. The molecule has 21 heavy (non-hydrogen) atoms. The van der Waals surface area contributed by atoms with Gasteiger partial charge < -0.3 is 10.1 Å². The Kier molecular flexibility index (Phi) is 4.65. The number of esters is 1. The molecule has 0 spiro atoms. The Labute approximate surface area is 121 Å². The van der Waals surface area contributed by atoms with Crippen molar-refractivity contribution >= 4 is 17.6 Å². The number of ether oxygens (including phenoxy) is 1. The van der Waals surface area contributed by atoms with E-state index in [1.165, 1.54) is 18.0 Å². The number of amides is 1. The van der Waals surface area contributed by atoms with Crippen LogP contribution in [0.1, 0.15) is 11.3 Å². The number of pyridine rings is 1. The number of nitrogens with zero attached hydrogens (tertiary/aromatic N) is 3. The molecule has 0 aliphatic heterocycles. The maximum atomic E-state index is 11.9. The SMILES string of the molecule is COC(=O)Cn1cc(NC(=O)Cc2ncccc2C)cn1. The molecule has 0 saturated heterocycles. The number of hydrogen-bond acceptors (Lipinski definition) is 5. The Bertz CT molecular complexity index is 651. The summed E-state index contributed by atoms with van der Waals surface area (Å²) in [5, 5.41) is 6.68. The number of anilines is 1. The van der Waals surface area contributed by atoms with E-state index in [1.807, 2.05) is 19.1 Å².